The SMILES string of the molecule is Cc1cccc(C)c1NC(=O)CSc1nnc(C[C@H]2CCS(=O)(=O)C2)o1. The lowest BCUT2D eigenvalue weighted by atomic mass is 10.1. The topological polar surface area (TPSA) is 102 Å². The van der Waals surface area contributed by atoms with Crippen molar-refractivity contribution in [3.8, 4) is 0 Å². The Kier molecular flexibility index (Phi) is 5.67. The minimum absolute atomic E-state index is 0.0330. The Morgan fingerprint density at radius 1 is 1.31 bits per heavy atom. The van der Waals surface area contributed by atoms with E-state index in [1.165, 1.54) is 11.8 Å². The Bertz CT molecular complexity index is 888. The van der Waals surface area contributed by atoms with E-state index in [0.717, 1.165) is 16.8 Å². The second kappa shape index (κ2) is 7.79. The van der Waals surface area contributed by atoms with Gasteiger partial charge < -0.3 is 9.73 Å². The fourth-order valence-electron chi connectivity index (χ4n) is 2.97. The lowest BCUT2D eigenvalue weighted by Gasteiger charge is -2.10. The molecule has 0 spiro atoms. The van der Waals surface area contributed by atoms with Gasteiger partial charge in [0.1, 0.15) is 0 Å². The fourth-order valence-corrected chi connectivity index (χ4v) is 5.42. The van der Waals surface area contributed by atoms with Crippen LogP contribution in [0.25, 0.3) is 0 Å². The van der Waals surface area contributed by atoms with Gasteiger partial charge in [-0.3, -0.25) is 4.79 Å². The van der Waals surface area contributed by atoms with Crippen LogP contribution in [0.4, 0.5) is 5.69 Å². The third-order valence-electron chi connectivity index (χ3n) is 4.31. The molecule has 3 rings (SSSR count). The first-order valence-electron chi connectivity index (χ1n) is 8.34. The van der Waals surface area contributed by atoms with E-state index in [9.17, 15) is 13.2 Å². The third kappa shape index (κ3) is 4.85. The van der Waals surface area contributed by atoms with Crippen molar-refractivity contribution in [2.45, 2.75) is 31.9 Å². The van der Waals surface area contributed by atoms with Gasteiger partial charge in [0.2, 0.25) is 11.8 Å². The summed E-state index contributed by atoms with van der Waals surface area (Å²) in [5, 5.41) is 11.1. The molecule has 140 valence electrons. The smallest absolute Gasteiger partial charge is 0.277 e. The van der Waals surface area contributed by atoms with Gasteiger partial charge >= 0.3 is 0 Å². The Balaban J connectivity index is 1.51. The van der Waals surface area contributed by atoms with Crippen molar-refractivity contribution in [1.29, 1.82) is 0 Å². The van der Waals surface area contributed by atoms with Crippen LogP contribution in [-0.2, 0) is 21.1 Å². The Labute approximate surface area is 156 Å². The molecule has 0 bridgehead atoms. The first-order chi connectivity index (χ1) is 12.3. The van der Waals surface area contributed by atoms with E-state index in [2.05, 4.69) is 15.5 Å². The van der Waals surface area contributed by atoms with E-state index in [4.69, 9.17) is 4.42 Å². The van der Waals surface area contributed by atoms with E-state index in [0.29, 0.717) is 24.0 Å². The highest BCUT2D eigenvalue weighted by molar-refractivity contribution is 7.99. The standard InChI is InChI=1S/C17H21N3O4S2/c1-11-4-3-5-12(2)16(11)18-14(21)9-25-17-20-19-15(24-17)8-13-6-7-26(22,23)10-13/h3-5,13H,6-10H2,1-2H3,(H,18,21)/t13-/m1/s1. The Hall–Kier alpha value is -1.87. The number of carbonyl (C=O) groups is 1. The van der Waals surface area contributed by atoms with E-state index in [-0.39, 0.29) is 29.1 Å². The number of hydrogen-bond donors (Lipinski definition) is 1. The zero-order chi connectivity index (χ0) is 18.7. The summed E-state index contributed by atoms with van der Waals surface area (Å²) in [6.07, 6.45) is 1.09. The fraction of sp³-hybridized carbons (Fsp3) is 0.471. The molecule has 2 aromatic rings. The number of benzene rings is 1. The Morgan fingerprint density at radius 2 is 2.04 bits per heavy atom. The van der Waals surface area contributed by atoms with Crippen LogP contribution in [0.1, 0.15) is 23.4 Å². The molecule has 1 aromatic carbocycles. The first-order valence-corrected chi connectivity index (χ1v) is 11.1. The van der Waals surface area contributed by atoms with Crippen molar-refractivity contribution in [3.63, 3.8) is 0 Å². The highest BCUT2D eigenvalue weighted by Crippen LogP contribution is 2.24. The van der Waals surface area contributed by atoms with Gasteiger partial charge in [0, 0.05) is 12.1 Å². The number of nitrogens with zero attached hydrogens (tertiary/aromatic N) is 2. The van der Waals surface area contributed by atoms with Crippen LogP contribution in [-0.4, -0.2) is 41.8 Å². The molecule has 1 N–H and O–H groups in total. The van der Waals surface area contributed by atoms with Gasteiger partial charge in [-0.15, -0.1) is 10.2 Å². The van der Waals surface area contributed by atoms with Crippen LogP contribution in [0, 0.1) is 19.8 Å². The summed E-state index contributed by atoms with van der Waals surface area (Å²) in [7, 11) is -2.92. The molecule has 1 saturated heterocycles. The van der Waals surface area contributed by atoms with Gasteiger partial charge in [0.15, 0.2) is 9.84 Å². The number of sulfone groups is 1. The highest BCUT2D eigenvalue weighted by Gasteiger charge is 2.29. The quantitative estimate of drug-likeness (QED) is 0.749. The molecule has 26 heavy (non-hydrogen) atoms. The molecule has 1 atom stereocenters. The number of carbonyl (C=O) groups excluding carboxylic acids is 1. The van der Waals surface area contributed by atoms with Crippen LogP contribution in [0.15, 0.2) is 27.8 Å². The Morgan fingerprint density at radius 3 is 2.69 bits per heavy atom. The molecule has 9 heteroatoms. The van der Waals surface area contributed by atoms with Gasteiger partial charge in [0.25, 0.3) is 5.22 Å². The van der Waals surface area contributed by atoms with Crippen LogP contribution < -0.4 is 5.32 Å². The van der Waals surface area contributed by atoms with Crippen LogP contribution in [0.2, 0.25) is 0 Å². The van der Waals surface area contributed by atoms with Crippen molar-refractivity contribution < 1.29 is 17.6 Å². The number of anilines is 1. The summed E-state index contributed by atoms with van der Waals surface area (Å²) in [4.78, 5) is 12.2. The molecule has 0 radical (unpaired) electrons. The highest BCUT2D eigenvalue weighted by atomic mass is 32.2. The molecular weight excluding hydrogens is 374 g/mol. The van der Waals surface area contributed by atoms with Gasteiger partial charge in [-0.2, -0.15) is 0 Å². The monoisotopic (exact) mass is 395 g/mol. The summed E-state index contributed by atoms with van der Waals surface area (Å²) in [5.74, 6) is 0.874. The zero-order valence-electron chi connectivity index (χ0n) is 14.7. The maximum Gasteiger partial charge on any atom is 0.277 e. The number of amides is 1. The maximum atomic E-state index is 12.2. The number of aromatic nitrogens is 2. The lowest BCUT2D eigenvalue weighted by Crippen LogP contribution is -2.15. The molecule has 0 unspecified atom stereocenters. The summed E-state index contributed by atoms with van der Waals surface area (Å²) in [5.41, 5.74) is 2.84. The summed E-state index contributed by atoms with van der Waals surface area (Å²) < 4.78 is 28.5. The molecule has 7 nitrogen and oxygen atoms in total. The predicted molar refractivity (Wildman–Crippen MR) is 100 cm³/mol. The number of nitrogens with one attached hydrogen (secondary N) is 1. The minimum atomic E-state index is -2.92. The second-order valence-corrected chi connectivity index (χ2v) is 9.69. The van der Waals surface area contributed by atoms with Crippen molar-refractivity contribution in [3.05, 3.63) is 35.2 Å². The van der Waals surface area contributed by atoms with Crippen molar-refractivity contribution in [1.82, 2.24) is 10.2 Å². The number of para-hydroxylation sites is 1. The van der Waals surface area contributed by atoms with Gasteiger partial charge in [0.05, 0.1) is 17.3 Å². The van der Waals surface area contributed by atoms with Crippen molar-refractivity contribution in [2.75, 3.05) is 22.6 Å². The van der Waals surface area contributed by atoms with E-state index in [1.807, 2.05) is 32.0 Å². The average molecular weight is 396 g/mol. The number of rotatable bonds is 6. The zero-order valence-corrected chi connectivity index (χ0v) is 16.3. The second-order valence-electron chi connectivity index (χ2n) is 6.54. The summed E-state index contributed by atoms with van der Waals surface area (Å²) >= 11 is 1.17. The number of aryl methyl sites for hydroxylation is 2. The van der Waals surface area contributed by atoms with E-state index >= 15 is 0 Å². The summed E-state index contributed by atoms with van der Waals surface area (Å²) in [6.45, 7) is 3.90. The van der Waals surface area contributed by atoms with E-state index in [1.54, 1.807) is 0 Å². The largest absolute Gasteiger partial charge is 0.416 e. The molecule has 1 aliphatic heterocycles. The molecule has 0 aliphatic carbocycles. The molecule has 2 heterocycles. The number of hydrogen-bond acceptors (Lipinski definition) is 7. The van der Waals surface area contributed by atoms with Crippen LogP contribution >= 0.6 is 11.8 Å². The van der Waals surface area contributed by atoms with E-state index < -0.39 is 9.84 Å². The molecule has 1 aliphatic rings. The molecular formula is C17H21N3O4S2. The minimum Gasteiger partial charge on any atom is -0.416 e. The van der Waals surface area contributed by atoms with Crippen LogP contribution in [0.5, 0.6) is 0 Å². The maximum absolute atomic E-state index is 12.2. The predicted octanol–water partition coefficient (Wildman–Crippen LogP) is 2.39. The molecule has 0 saturated carbocycles. The van der Waals surface area contributed by atoms with Gasteiger partial charge in [-0.05, 0) is 37.3 Å². The number of thioether (sulfide) groups is 1. The van der Waals surface area contributed by atoms with Crippen LogP contribution in [0.3, 0.4) is 0 Å². The summed E-state index contributed by atoms with van der Waals surface area (Å²) in [6, 6.07) is 5.84. The average Bonchev–Trinajstić information content (AvgIpc) is 3.15. The normalized spacial score (nSPS) is 18.8. The van der Waals surface area contributed by atoms with Gasteiger partial charge in [-0.25, -0.2) is 8.42 Å². The third-order valence-corrected chi connectivity index (χ3v) is 6.97. The van der Waals surface area contributed by atoms with Crippen molar-refractivity contribution >= 4 is 33.2 Å². The molecule has 1 aromatic heterocycles. The lowest BCUT2D eigenvalue weighted by molar-refractivity contribution is -0.113. The molecule has 1 amide bonds. The molecule has 1 fully saturated rings. The van der Waals surface area contributed by atoms with Gasteiger partial charge in [-0.1, -0.05) is 30.0 Å². The first kappa shape index (κ1) is 18.9. The van der Waals surface area contributed by atoms with Crippen molar-refractivity contribution in [2.24, 2.45) is 5.92 Å².